The number of hydrogen-bond acceptors (Lipinski definition) is 3. The summed E-state index contributed by atoms with van der Waals surface area (Å²) in [4.78, 5) is 24.8. The van der Waals surface area contributed by atoms with E-state index in [-0.39, 0.29) is 11.8 Å². The lowest BCUT2D eigenvalue weighted by atomic mass is 10.1. The van der Waals surface area contributed by atoms with E-state index in [4.69, 9.17) is 5.10 Å². The molecule has 3 aromatic carbocycles. The largest absolute Gasteiger partial charge is 0.355 e. The van der Waals surface area contributed by atoms with Gasteiger partial charge in [0, 0.05) is 30.9 Å². The Labute approximate surface area is 186 Å². The zero-order valence-corrected chi connectivity index (χ0v) is 18.0. The first-order chi connectivity index (χ1) is 15.5. The smallest absolute Gasteiger partial charge is 0.255 e. The lowest BCUT2D eigenvalue weighted by Gasteiger charge is -2.07. The number of amides is 2. The molecule has 0 aliphatic rings. The van der Waals surface area contributed by atoms with E-state index in [9.17, 15) is 9.59 Å². The van der Waals surface area contributed by atoms with E-state index in [2.05, 4.69) is 10.6 Å². The van der Waals surface area contributed by atoms with E-state index in [0.29, 0.717) is 23.4 Å². The highest BCUT2D eigenvalue weighted by molar-refractivity contribution is 6.00. The molecular weight excluding hydrogens is 400 g/mol. The van der Waals surface area contributed by atoms with Gasteiger partial charge in [0.1, 0.15) is 5.69 Å². The molecule has 1 aromatic heterocycles. The maximum absolute atomic E-state index is 13.1. The van der Waals surface area contributed by atoms with Crippen LogP contribution in [0.2, 0.25) is 0 Å². The number of aryl methyl sites for hydroxylation is 1. The number of carbonyl (C=O) groups excluding carboxylic acids is 2. The Kier molecular flexibility index (Phi) is 6.12. The van der Waals surface area contributed by atoms with Gasteiger partial charge >= 0.3 is 0 Å². The summed E-state index contributed by atoms with van der Waals surface area (Å²) in [6, 6.07) is 24.8. The van der Waals surface area contributed by atoms with Crippen LogP contribution < -0.4 is 10.6 Å². The monoisotopic (exact) mass is 424 g/mol. The summed E-state index contributed by atoms with van der Waals surface area (Å²) in [5, 5.41) is 10.3. The normalized spacial score (nSPS) is 10.6. The van der Waals surface area contributed by atoms with Gasteiger partial charge in [-0.3, -0.25) is 9.59 Å². The van der Waals surface area contributed by atoms with E-state index >= 15 is 0 Å². The molecule has 0 saturated heterocycles. The van der Waals surface area contributed by atoms with Crippen LogP contribution in [0.1, 0.15) is 31.8 Å². The number of aromatic nitrogens is 2. The summed E-state index contributed by atoms with van der Waals surface area (Å²) in [5.41, 5.74) is 5.52. The minimum Gasteiger partial charge on any atom is -0.355 e. The molecule has 0 saturated carbocycles. The first-order valence-corrected chi connectivity index (χ1v) is 10.4. The van der Waals surface area contributed by atoms with Gasteiger partial charge < -0.3 is 10.6 Å². The van der Waals surface area contributed by atoms with Gasteiger partial charge in [-0.05, 0) is 36.8 Å². The van der Waals surface area contributed by atoms with Gasteiger partial charge in [0.2, 0.25) is 0 Å². The SMILES string of the molecule is CNC(=O)c1ccc(CNC(=O)c2cn(-c3ccc(C)cc3)nc2-c2ccccc2)cc1. The third kappa shape index (κ3) is 4.59. The molecule has 2 N–H and O–H groups in total. The van der Waals surface area contributed by atoms with Gasteiger partial charge in [-0.1, -0.05) is 60.2 Å². The van der Waals surface area contributed by atoms with E-state index in [0.717, 1.165) is 22.4 Å². The number of carbonyl (C=O) groups is 2. The number of hydrogen-bond donors (Lipinski definition) is 2. The Balaban J connectivity index is 1.59. The molecule has 1 heterocycles. The first-order valence-electron chi connectivity index (χ1n) is 10.4. The van der Waals surface area contributed by atoms with Crippen LogP contribution >= 0.6 is 0 Å². The van der Waals surface area contributed by atoms with Crippen molar-refractivity contribution in [3.8, 4) is 16.9 Å². The number of nitrogens with zero attached hydrogens (tertiary/aromatic N) is 2. The summed E-state index contributed by atoms with van der Waals surface area (Å²) in [7, 11) is 1.59. The van der Waals surface area contributed by atoms with Crippen molar-refractivity contribution in [1.82, 2.24) is 20.4 Å². The molecule has 0 atom stereocenters. The van der Waals surface area contributed by atoms with Crippen molar-refractivity contribution in [2.45, 2.75) is 13.5 Å². The minimum absolute atomic E-state index is 0.142. The molecule has 6 nitrogen and oxygen atoms in total. The standard InChI is InChI=1S/C26H24N4O2/c1-18-8-14-22(15-9-18)30-17-23(24(29-30)20-6-4-3-5-7-20)26(32)28-16-19-10-12-21(13-11-19)25(31)27-2/h3-15,17H,16H2,1-2H3,(H,27,31)(H,28,32). The van der Waals surface area contributed by atoms with E-state index in [1.165, 1.54) is 0 Å². The van der Waals surface area contributed by atoms with E-state index < -0.39 is 0 Å². The molecule has 160 valence electrons. The Morgan fingerprint density at radius 3 is 2.22 bits per heavy atom. The lowest BCUT2D eigenvalue weighted by molar-refractivity contribution is 0.0946. The maximum Gasteiger partial charge on any atom is 0.255 e. The molecule has 0 radical (unpaired) electrons. The van der Waals surface area contributed by atoms with E-state index in [1.807, 2.05) is 73.7 Å². The molecule has 0 fully saturated rings. The second kappa shape index (κ2) is 9.31. The summed E-state index contributed by atoms with van der Waals surface area (Å²) < 4.78 is 1.73. The Morgan fingerprint density at radius 2 is 1.56 bits per heavy atom. The fourth-order valence-corrected chi connectivity index (χ4v) is 3.37. The molecule has 0 spiro atoms. The topological polar surface area (TPSA) is 76.0 Å². The summed E-state index contributed by atoms with van der Waals surface area (Å²) in [6.45, 7) is 2.37. The number of nitrogens with one attached hydrogen (secondary N) is 2. The van der Waals surface area contributed by atoms with Crippen molar-refractivity contribution < 1.29 is 9.59 Å². The molecule has 2 amide bonds. The third-order valence-corrected chi connectivity index (χ3v) is 5.20. The predicted molar refractivity (Wildman–Crippen MR) is 125 cm³/mol. The van der Waals surface area contributed by atoms with Gasteiger partial charge in [0.25, 0.3) is 11.8 Å². The molecular formula is C26H24N4O2. The zero-order valence-electron chi connectivity index (χ0n) is 18.0. The van der Waals surface area contributed by atoms with Crippen molar-refractivity contribution in [3.63, 3.8) is 0 Å². The number of benzene rings is 3. The molecule has 32 heavy (non-hydrogen) atoms. The van der Waals surface area contributed by atoms with Gasteiger partial charge in [-0.2, -0.15) is 5.10 Å². The van der Waals surface area contributed by atoms with Crippen LogP contribution in [0.25, 0.3) is 16.9 Å². The zero-order chi connectivity index (χ0) is 22.5. The molecule has 4 rings (SSSR count). The predicted octanol–water partition coefficient (Wildman–Crippen LogP) is 4.14. The highest BCUT2D eigenvalue weighted by atomic mass is 16.2. The van der Waals surface area contributed by atoms with Crippen LogP contribution in [0.3, 0.4) is 0 Å². The first kappa shape index (κ1) is 21.1. The van der Waals surface area contributed by atoms with E-state index in [1.54, 1.807) is 30.1 Å². The highest BCUT2D eigenvalue weighted by Gasteiger charge is 2.18. The minimum atomic E-state index is -0.211. The summed E-state index contributed by atoms with van der Waals surface area (Å²) in [5.74, 6) is -0.353. The molecule has 0 bridgehead atoms. The van der Waals surface area contributed by atoms with Crippen LogP contribution in [-0.2, 0) is 6.54 Å². The summed E-state index contributed by atoms with van der Waals surface area (Å²) in [6.07, 6.45) is 1.76. The van der Waals surface area contributed by atoms with Crippen molar-refractivity contribution in [3.05, 3.63) is 107 Å². The third-order valence-electron chi connectivity index (χ3n) is 5.20. The van der Waals surface area contributed by atoms with Crippen LogP contribution in [0.5, 0.6) is 0 Å². The van der Waals surface area contributed by atoms with Crippen LogP contribution in [0.4, 0.5) is 0 Å². The van der Waals surface area contributed by atoms with Gasteiger partial charge in [0.15, 0.2) is 0 Å². The Morgan fingerprint density at radius 1 is 0.875 bits per heavy atom. The van der Waals surface area contributed by atoms with Crippen LogP contribution in [0, 0.1) is 6.92 Å². The van der Waals surface area contributed by atoms with Crippen LogP contribution in [0.15, 0.2) is 85.1 Å². The second-order valence-electron chi connectivity index (χ2n) is 7.50. The average molecular weight is 425 g/mol. The lowest BCUT2D eigenvalue weighted by Crippen LogP contribution is -2.23. The summed E-state index contributed by atoms with van der Waals surface area (Å²) >= 11 is 0. The Hall–Kier alpha value is -4.19. The number of rotatable bonds is 6. The molecule has 0 aliphatic heterocycles. The van der Waals surface area contributed by atoms with Crippen molar-refractivity contribution in [2.75, 3.05) is 7.05 Å². The fraction of sp³-hybridized carbons (Fsp3) is 0.115. The van der Waals surface area contributed by atoms with Gasteiger partial charge in [0.05, 0.1) is 11.3 Å². The Bertz CT molecular complexity index is 1230. The molecule has 4 aromatic rings. The highest BCUT2D eigenvalue weighted by Crippen LogP contribution is 2.24. The van der Waals surface area contributed by atoms with Crippen molar-refractivity contribution >= 4 is 11.8 Å². The van der Waals surface area contributed by atoms with Gasteiger partial charge in [-0.25, -0.2) is 4.68 Å². The molecule has 0 unspecified atom stereocenters. The fourth-order valence-electron chi connectivity index (χ4n) is 3.37. The van der Waals surface area contributed by atoms with Crippen molar-refractivity contribution in [1.29, 1.82) is 0 Å². The second-order valence-corrected chi connectivity index (χ2v) is 7.50. The average Bonchev–Trinajstić information content (AvgIpc) is 3.29. The molecule has 0 aliphatic carbocycles. The van der Waals surface area contributed by atoms with Gasteiger partial charge in [-0.15, -0.1) is 0 Å². The quantitative estimate of drug-likeness (QED) is 0.489. The van der Waals surface area contributed by atoms with Crippen molar-refractivity contribution in [2.24, 2.45) is 0 Å². The molecule has 6 heteroatoms. The maximum atomic E-state index is 13.1. The van der Waals surface area contributed by atoms with Crippen LogP contribution in [-0.4, -0.2) is 28.6 Å².